The second-order valence-corrected chi connectivity index (χ2v) is 5.72. The van der Waals surface area contributed by atoms with Crippen molar-refractivity contribution < 1.29 is 9.53 Å². The van der Waals surface area contributed by atoms with Crippen LogP contribution >= 0.6 is 0 Å². The van der Waals surface area contributed by atoms with E-state index in [0.717, 1.165) is 24.9 Å². The fraction of sp³-hybridized carbons (Fsp3) is 0.533. The Morgan fingerprint density at radius 2 is 2.26 bits per heavy atom. The van der Waals surface area contributed by atoms with Gasteiger partial charge in [-0.1, -0.05) is 6.92 Å². The van der Waals surface area contributed by atoms with Gasteiger partial charge in [0, 0.05) is 38.2 Å². The zero-order valence-electron chi connectivity index (χ0n) is 13.4. The molecular weight excluding hydrogens is 296 g/mol. The van der Waals surface area contributed by atoms with Crippen LogP contribution in [0.15, 0.2) is 24.8 Å². The average molecular weight is 318 g/mol. The number of anilines is 1. The first-order chi connectivity index (χ1) is 11.2. The van der Waals surface area contributed by atoms with Crippen LogP contribution < -0.4 is 10.6 Å². The highest BCUT2D eigenvalue weighted by Crippen LogP contribution is 2.28. The lowest BCUT2D eigenvalue weighted by Crippen LogP contribution is -2.39. The third-order valence-corrected chi connectivity index (χ3v) is 3.81. The maximum absolute atomic E-state index is 12.2. The highest BCUT2D eigenvalue weighted by atomic mass is 16.5. The van der Waals surface area contributed by atoms with Crippen LogP contribution in [0.25, 0.3) is 0 Å². The monoisotopic (exact) mass is 318 g/mol. The zero-order valence-corrected chi connectivity index (χ0v) is 13.4. The highest BCUT2D eigenvalue weighted by Gasteiger charge is 2.31. The van der Waals surface area contributed by atoms with Crippen molar-refractivity contribution in [1.82, 2.24) is 24.9 Å². The molecule has 0 spiro atoms. The van der Waals surface area contributed by atoms with E-state index in [2.05, 4.69) is 27.8 Å². The summed E-state index contributed by atoms with van der Waals surface area (Å²) in [5, 5.41) is 14.1. The highest BCUT2D eigenvalue weighted by molar-refractivity contribution is 5.89. The predicted octanol–water partition coefficient (Wildman–Crippen LogP) is 1.68. The molecule has 2 aromatic rings. The SMILES string of the molecule is CCCn1cc(NC(=O)N[C@H]2CCO[C@@H]2c2cnn(C)c2)cn1. The van der Waals surface area contributed by atoms with Crippen LogP contribution in [-0.4, -0.2) is 38.2 Å². The van der Waals surface area contributed by atoms with Gasteiger partial charge >= 0.3 is 6.03 Å². The molecule has 3 heterocycles. The lowest BCUT2D eigenvalue weighted by atomic mass is 10.1. The molecule has 2 aromatic heterocycles. The molecule has 3 rings (SSSR count). The van der Waals surface area contributed by atoms with Crippen molar-refractivity contribution in [2.24, 2.45) is 7.05 Å². The van der Waals surface area contributed by atoms with Crippen molar-refractivity contribution in [3.8, 4) is 0 Å². The van der Waals surface area contributed by atoms with Gasteiger partial charge in [-0.2, -0.15) is 10.2 Å². The van der Waals surface area contributed by atoms with E-state index in [9.17, 15) is 4.79 Å². The van der Waals surface area contributed by atoms with Crippen LogP contribution in [0.4, 0.5) is 10.5 Å². The predicted molar refractivity (Wildman–Crippen MR) is 85.0 cm³/mol. The van der Waals surface area contributed by atoms with Crippen molar-refractivity contribution >= 4 is 11.7 Å². The number of rotatable bonds is 5. The van der Waals surface area contributed by atoms with Gasteiger partial charge in [0.2, 0.25) is 0 Å². The summed E-state index contributed by atoms with van der Waals surface area (Å²) in [5.74, 6) is 0. The summed E-state index contributed by atoms with van der Waals surface area (Å²) in [4.78, 5) is 12.2. The molecule has 2 N–H and O–H groups in total. The van der Waals surface area contributed by atoms with Gasteiger partial charge in [-0.3, -0.25) is 9.36 Å². The Labute approximate surface area is 134 Å². The molecule has 0 unspecified atom stereocenters. The lowest BCUT2D eigenvalue weighted by molar-refractivity contribution is 0.100. The number of aryl methyl sites for hydroxylation is 2. The van der Waals surface area contributed by atoms with Gasteiger partial charge in [0.15, 0.2) is 0 Å². The molecule has 8 heteroatoms. The minimum atomic E-state index is -0.245. The topological polar surface area (TPSA) is 86.0 Å². The number of nitrogens with one attached hydrogen (secondary N) is 2. The molecule has 1 aliphatic heterocycles. The molecule has 1 saturated heterocycles. The van der Waals surface area contributed by atoms with Gasteiger partial charge in [-0.05, 0) is 12.8 Å². The van der Waals surface area contributed by atoms with E-state index in [1.165, 1.54) is 0 Å². The Balaban J connectivity index is 1.58. The van der Waals surface area contributed by atoms with Gasteiger partial charge in [-0.25, -0.2) is 4.79 Å². The van der Waals surface area contributed by atoms with Gasteiger partial charge < -0.3 is 15.4 Å². The summed E-state index contributed by atoms with van der Waals surface area (Å²) in [6.07, 6.45) is 8.79. The molecule has 0 aliphatic carbocycles. The van der Waals surface area contributed by atoms with Crippen LogP contribution in [0.1, 0.15) is 31.4 Å². The summed E-state index contributed by atoms with van der Waals surface area (Å²) >= 11 is 0. The molecule has 23 heavy (non-hydrogen) atoms. The molecule has 0 radical (unpaired) electrons. The van der Waals surface area contributed by atoms with Crippen molar-refractivity contribution in [1.29, 1.82) is 0 Å². The third-order valence-electron chi connectivity index (χ3n) is 3.81. The van der Waals surface area contributed by atoms with Crippen molar-refractivity contribution in [3.63, 3.8) is 0 Å². The van der Waals surface area contributed by atoms with E-state index in [4.69, 9.17) is 4.74 Å². The molecule has 0 aromatic carbocycles. The fourth-order valence-electron chi connectivity index (χ4n) is 2.77. The molecule has 0 saturated carbocycles. The lowest BCUT2D eigenvalue weighted by Gasteiger charge is -2.18. The molecular formula is C15H22N6O2. The number of hydrogen-bond donors (Lipinski definition) is 2. The van der Waals surface area contributed by atoms with Crippen LogP contribution in [0.5, 0.6) is 0 Å². The number of nitrogens with zero attached hydrogens (tertiary/aromatic N) is 4. The summed E-state index contributed by atoms with van der Waals surface area (Å²) in [6, 6.07) is -0.310. The maximum atomic E-state index is 12.2. The average Bonchev–Trinajstić information content (AvgIpc) is 3.21. The summed E-state index contributed by atoms with van der Waals surface area (Å²) < 4.78 is 9.28. The minimum absolute atomic E-state index is 0.0649. The summed E-state index contributed by atoms with van der Waals surface area (Å²) in [7, 11) is 1.86. The Kier molecular flexibility index (Phi) is 4.61. The first-order valence-electron chi connectivity index (χ1n) is 7.86. The van der Waals surface area contributed by atoms with Crippen LogP contribution in [0.3, 0.4) is 0 Å². The fourth-order valence-corrected chi connectivity index (χ4v) is 2.77. The van der Waals surface area contributed by atoms with E-state index >= 15 is 0 Å². The first-order valence-corrected chi connectivity index (χ1v) is 7.86. The number of amides is 2. The van der Waals surface area contributed by atoms with E-state index in [-0.39, 0.29) is 18.2 Å². The van der Waals surface area contributed by atoms with E-state index in [1.54, 1.807) is 17.1 Å². The second-order valence-electron chi connectivity index (χ2n) is 5.72. The molecule has 8 nitrogen and oxygen atoms in total. The van der Waals surface area contributed by atoms with Crippen molar-refractivity contribution in [2.45, 2.75) is 38.5 Å². The van der Waals surface area contributed by atoms with Crippen LogP contribution in [0.2, 0.25) is 0 Å². The second kappa shape index (κ2) is 6.82. The molecule has 2 amide bonds. The Hall–Kier alpha value is -2.35. The maximum Gasteiger partial charge on any atom is 0.319 e. The van der Waals surface area contributed by atoms with Crippen molar-refractivity contribution in [3.05, 3.63) is 30.4 Å². The van der Waals surface area contributed by atoms with Crippen LogP contribution in [0, 0.1) is 0 Å². The Morgan fingerprint density at radius 3 is 3.00 bits per heavy atom. The standard InChI is InChI=1S/C15H22N6O2/c1-3-5-21-10-12(8-17-21)18-15(22)19-13-4-6-23-14(13)11-7-16-20(2)9-11/h7-10,13-14H,3-6H2,1-2H3,(H2,18,19,22)/t13-,14+/m0/s1. The van der Waals surface area contributed by atoms with E-state index in [0.29, 0.717) is 12.3 Å². The normalized spacial score (nSPS) is 20.6. The third kappa shape index (κ3) is 3.70. The van der Waals surface area contributed by atoms with Gasteiger partial charge in [0.1, 0.15) is 6.10 Å². The number of hydrogen-bond acceptors (Lipinski definition) is 4. The first kappa shape index (κ1) is 15.5. The van der Waals surface area contributed by atoms with Gasteiger partial charge in [0.25, 0.3) is 0 Å². The quantitative estimate of drug-likeness (QED) is 0.878. The molecule has 0 bridgehead atoms. The number of aromatic nitrogens is 4. The number of carbonyl (C=O) groups is 1. The summed E-state index contributed by atoms with van der Waals surface area (Å²) in [6.45, 7) is 3.54. The van der Waals surface area contributed by atoms with Crippen LogP contribution in [-0.2, 0) is 18.3 Å². The number of ether oxygens (including phenoxy) is 1. The smallest absolute Gasteiger partial charge is 0.319 e. The van der Waals surface area contributed by atoms with Gasteiger partial charge in [-0.15, -0.1) is 0 Å². The van der Waals surface area contributed by atoms with E-state index < -0.39 is 0 Å². The molecule has 1 aliphatic rings. The molecule has 2 atom stereocenters. The number of carbonyl (C=O) groups excluding carboxylic acids is 1. The van der Waals surface area contributed by atoms with Crippen molar-refractivity contribution in [2.75, 3.05) is 11.9 Å². The Bertz CT molecular complexity index is 664. The minimum Gasteiger partial charge on any atom is -0.371 e. The number of urea groups is 1. The molecule has 124 valence electrons. The Morgan fingerprint density at radius 1 is 1.39 bits per heavy atom. The zero-order chi connectivity index (χ0) is 16.2. The van der Waals surface area contributed by atoms with Gasteiger partial charge in [0.05, 0.1) is 24.1 Å². The summed E-state index contributed by atoms with van der Waals surface area (Å²) in [5.41, 5.74) is 1.67. The molecule has 1 fully saturated rings. The van der Waals surface area contributed by atoms with E-state index in [1.807, 2.05) is 24.1 Å². The largest absolute Gasteiger partial charge is 0.371 e.